The van der Waals surface area contributed by atoms with Gasteiger partial charge in [-0.2, -0.15) is 0 Å². The molecule has 0 saturated heterocycles. The van der Waals surface area contributed by atoms with Crippen molar-refractivity contribution in [1.82, 2.24) is 15.0 Å². The molecule has 1 aromatic heterocycles. The second-order valence-corrected chi connectivity index (χ2v) is 3.88. The van der Waals surface area contributed by atoms with Crippen LogP contribution in [0.2, 0.25) is 0 Å². The van der Waals surface area contributed by atoms with Crippen molar-refractivity contribution in [2.75, 3.05) is 11.9 Å². The second-order valence-electron chi connectivity index (χ2n) is 3.42. The minimum absolute atomic E-state index is 0.521. The Labute approximate surface area is 103 Å². The summed E-state index contributed by atoms with van der Waals surface area (Å²) in [5.74, 6) is 0. The van der Waals surface area contributed by atoms with Crippen molar-refractivity contribution in [3.05, 3.63) is 30.5 Å². The third kappa shape index (κ3) is 2.23. The number of carbonyl (C=O) groups excluding carboxylic acids is 1. The Bertz CT molecular complexity index is 553. The highest BCUT2D eigenvalue weighted by Gasteiger charge is 2.08. The molecule has 0 aliphatic heterocycles. The molecule has 2 rings (SSSR count). The van der Waals surface area contributed by atoms with Crippen LogP contribution in [0.1, 0.15) is 0 Å². The van der Waals surface area contributed by atoms with Crippen LogP contribution in [0.25, 0.3) is 5.69 Å². The van der Waals surface area contributed by atoms with Gasteiger partial charge >= 0.3 is 6.03 Å². The molecule has 0 aliphatic carbocycles. The zero-order chi connectivity index (χ0) is 12.4. The number of hydrogen-bond acceptors (Lipinski definition) is 4. The maximum Gasteiger partial charge on any atom is 0.318 e. The van der Waals surface area contributed by atoms with Crippen molar-refractivity contribution in [3.8, 4) is 5.69 Å². The molecule has 2 N–H and O–H groups in total. The SMILES string of the molecule is CN(C(N)=O)c1cccc(-n2nncc2S)c1. The van der Waals surface area contributed by atoms with E-state index in [-0.39, 0.29) is 0 Å². The van der Waals surface area contributed by atoms with Crippen LogP contribution in [-0.2, 0) is 0 Å². The van der Waals surface area contributed by atoms with Gasteiger partial charge in [0, 0.05) is 12.7 Å². The number of nitrogens with zero attached hydrogens (tertiary/aromatic N) is 4. The number of carbonyl (C=O) groups is 1. The highest BCUT2D eigenvalue weighted by atomic mass is 32.1. The standard InChI is InChI=1S/C10H11N5OS/c1-14(10(11)16)7-3-2-4-8(5-7)15-9(17)6-12-13-15/h2-6,17H,1H3,(H2,11,16). The van der Waals surface area contributed by atoms with Gasteiger partial charge in [0.15, 0.2) is 0 Å². The van der Waals surface area contributed by atoms with E-state index in [4.69, 9.17) is 5.73 Å². The lowest BCUT2D eigenvalue weighted by Crippen LogP contribution is -2.31. The Morgan fingerprint density at radius 3 is 2.88 bits per heavy atom. The molecule has 0 bridgehead atoms. The van der Waals surface area contributed by atoms with Crippen molar-refractivity contribution in [2.45, 2.75) is 5.03 Å². The lowest BCUT2D eigenvalue weighted by atomic mass is 10.2. The van der Waals surface area contributed by atoms with E-state index in [1.165, 1.54) is 11.1 Å². The van der Waals surface area contributed by atoms with E-state index in [0.717, 1.165) is 5.69 Å². The van der Waals surface area contributed by atoms with Gasteiger partial charge in [0.05, 0.1) is 11.9 Å². The summed E-state index contributed by atoms with van der Waals surface area (Å²) in [5.41, 5.74) is 6.64. The number of anilines is 1. The summed E-state index contributed by atoms with van der Waals surface area (Å²) in [5, 5.41) is 8.24. The molecule has 0 fully saturated rings. The average molecular weight is 249 g/mol. The fourth-order valence-corrected chi connectivity index (χ4v) is 1.58. The van der Waals surface area contributed by atoms with Gasteiger partial charge in [-0.25, -0.2) is 9.48 Å². The highest BCUT2D eigenvalue weighted by molar-refractivity contribution is 7.80. The molecule has 6 nitrogen and oxygen atoms in total. The van der Waals surface area contributed by atoms with Gasteiger partial charge < -0.3 is 5.73 Å². The molecule has 1 aromatic carbocycles. The van der Waals surface area contributed by atoms with Crippen molar-refractivity contribution >= 4 is 24.3 Å². The monoisotopic (exact) mass is 249 g/mol. The molecular formula is C10H11N5OS. The minimum Gasteiger partial charge on any atom is -0.351 e. The Hall–Kier alpha value is -2.02. The Morgan fingerprint density at radius 1 is 1.53 bits per heavy atom. The van der Waals surface area contributed by atoms with Crippen molar-refractivity contribution < 1.29 is 4.79 Å². The van der Waals surface area contributed by atoms with Crippen molar-refractivity contribution in [1.29, 1.82) is 0 Å². The van der Waals surface area contributed by atoms with Crippen molar-refractivity contribution in [3.63, 3.8) is 0 Å². The summed E-state index contributed by atoms with van der Waals surface area (Å²) in [7, 11) is 1.60. The molecule has 17 heavy (non-hydrogen) atoms. The first-order chi connectivity index (χ1) is 8.09. The molecule has 0 atom stereocenters. The van der Waals surface area contributed by atoms with Crippen LogP contribution in [0.4, 0.5) is 10.5 Å². The summed E-state index contributed by atoms with van der Waals surface area (Å²) in [4.78, 5) is 12.4. The first kappa shape index (κ1) is 11.5. The number of primary amides is 1. The van der Waals surface area contributed by atoms with Crippen LogP contribution in [0.15, 0.2) is 35.5 Å². The predicted molar refractivity (Wildman–Crippen MR) is 66.6 cm³/mol. The van der Waals surface area contributed by atoms with E-state index in [1.54, 1.807) is 29.9 Å². The largest absolute Gasteiger partial charge is 0.351 e. The fraction of sp³-hybridized carbons (Fsp3) is 0.100. The summed E-state index contributed by atoms with van der Waals surface area (Å²) in [6.45, 7) is 0. The van der Waals surface area contributed by atoms with Gasteiger partial charge in [0.1, 0.15) is 5.03 Å². The number of nitrogens with two attached hydrogens (primary N) is 1. The van der Waals surface area contributed by atoms with Crippen LogP contribution in [-0.4, -0.2) is 28.1 Å². The van der Waals surface area contributed by atoms with E-state index in [9.17, 15) is 4.79 Å². The Morgan fingerprint density at radius 2 is 2.29 bits per heavy atom. The van der Waals surface area contributed by atoms with Crippen LogP contribution < -0.4 is 10.6 Å². The molecular weight excluding hydrogens is 238 g/mol. The maximum absolute atomic E-state index is 11.1. The van der Waals surface area contributed by atoms with E-state index in [1.807, 2.05) is 6.07 Å². The Kier molecular flexibility index (Phi) is 3.01. The van der Waals surface area contributed by atoms with Gasteiger partial charge in [-0.3, -0.25) is 4.90 Å². The fourth-order valence-electron chi connectivity index (χ4n) is 1.37. The van der Waals surface area contributed by atoms with Gasteiger partial charge in [0.2, 0.25) is 0 Å². The van der Waals surface area contributed by atoms with E-state index >= 15 is 0 Å². The number of benzene rings is 1. The van der Waals surface area contributed by atoms with E-state index < -0.39 is 6.03 Å². The number of urea groups is 1. The minimum atomic E-state index is -0.521. The normalized spacial score (nSPS) is 10.2. The summed E-state index contributed by atoms with van der Waals surface area (Å²) < 4.78 is 1.56. The summed E-state index contributed by atoms with van der Waals surface area (Å²) in [6.07, 6.45) is 1.54. The topological polar surface area (TPSA) is 77.0 Å². The number of amides is 2. The summed E-state index contributed by atoms with van der Waals surface area (Å²) in [6, 6.07) is 6.68. The molecule has 0 spiro atoms. The van der Waals surface area contributed by atoms with Gasteiger partial charge in [-0.1, -0.05) is 11.3 Å². The average Bonchev–Trinajstić information content (AvgIpc) is 2.74. The zero-order valence-corrected chi connectivity index (χ0v) is 10.0. The quantitative estimate of drug-likeness (QED) is 0.782. The molecule has 1 heterocycles. The van der Waals surface area contributed by atoms with Gasteiger partial charge in [-0.15, -0.1) is 17.7 Å². The van der Waals surface area contributed by atoms with Crippen molar-refractivity contribution in [2.24, 2.45) is 5.73 Å². The van der Waals surface area contributed by atoms with Crippen LogP contribution in [0.3, 0.4) is 0 Å². The Balaban J connectivity index is 2.42. The van der Waals surface area contributed by atoms with Crippen LogP contribution >= 0.6 is 12.6 Å². The number of thiol groups is 1. The molecule has 2 aromatic rings. The maximum atomic E-state index is 11.1. The molecule has 0 aliphatic rings. The number of hydrogen-bond donors (Lipinski definition) is 2. The highest BCUT2D eigenvalue weighted by Crippen LogP contribution is 2.19. The van der Waals surface area contributed by atoms with Gasteiger partial charge in [0.25, 0.3) is 0 Å². The number of aromatic nitrogens is 3. The van der Waals surface area contributed by atoms with E-state index in [2.05, 4.69) is 22.9 Å². The third-order valence-electron chi connectivity index (χ3n) is 2.32. The first-order valence-corrected chi connectivity index (χ1v) is 5.27. The predicted octanol–water partition coefficient (Wildman–Crippen LogP) is 1.07. The molecule has 0 unspecified atom stereocenters. The van der Waals surface area contributed by atoms with Gasteiger partial charge in [-0.05, 0) is 18.2 Å². The third-order valence-corrected chi connectivity index (χ3v) is 2.63. The first-order valence-electron chi connectivity index (χ1n) is 4.83. The summed E-state index contributed by atoms with van der Waals surface area (Å²) >= 11 is 4.22. The lowest BCUT2D eigenvalue weighted by molar-refractivity contribution is 0.255. The smallest absolute Gasteiger partial charge is 0.318 e. The molecule has 2 amide bonds. The van der Waals surface area contributed by atoms with Crippen LogP contribution in [0.5, 0.6) is 0 Å². The molecule has 0 radical (unpaired) electrons. The number of rotatable bonds is 2. The second kappa shape index (κ2) is 4.46. The molecule has 7 heteroatoms. The van der Waals surface area contributed by atoms with E-state index in [0.29, 0.717) is 10.7 Å². The molecule has 88 valence electrons. The van der Waals surface area contributed by atoms with Crippen LogP contribution in [0, 0.1) is 0 Å². The zero-order valence-electron chi connectivity index (χ0n) is 9.11. The lowest BCUT2D eigenvalue weighted by Gasteiger charge is -2.15. The molecule has 0 saturated carbocycles.